The Morgan fingerprint density at radius 1 is 1.19 bits per heavy atom. The van der Waals surface area contributed by atoms with Crippen molar-refractivity contribution in [1.82, 2.24) is 14.9 Å². The summed E-state index contributed by atoms with van der Waals surface area (Å²) in [7, 11) is 1.47. The van der Waals surface area contributed by atoms with Gasteiger partial charge in [-0.15, -0.1) is 0 Å². The van der Waals surface area contributed by atoms with Crippen LogP contribution in [0.2, 0.25) is 0 Å². The Hall–Kier alpha value is -3.15. The Morgan fingerprint density at radius 2 is 1.92 bits per heavy atom. The highest BCUT2D eigenvalue weighted by atomic mass is 19.3. The van der Waals surface area contributed by atoms with Gasteiger partial charge in [0.05, 0.1) is 24.5 Å². The highest BCUT2D eigenvalue weighted by Crippen LogP contribution is 2.31. The minimum absolute atomic E-state index is 0.0168. The van der Waals surface area contributed by atoms with E-state index in [9.17, 15) is 22.4 Å². The van der Waals surface area contributed by atoms with Crippen LogP contribution >= 0.6 is 0 Å². The van der Waals surface area contributed by atoms with E-state index in [1.54, 1.807) is 11.8 Å². The number of anilines is 2. The number of carbonyl (C=O) groups excluding carboxylic acids is 1. The van der Waals surface area contributed by atoms with Gasteiger partial charge >= 0.3 is 0 Å². The minimum atomic E-state index is -2.57. The maximum Gasteiger partial charge on any atom is 0.255 e. The quantitative estimate of drug-likeness (QED) is 0.526. The van der Waals surface area contributed by atoms with Gasteiger partial charge in [-0.05, 0) is 26.0 Å². The number of benzene rings is 1. The maximum absolute atomic E-state index is 14.0. The molecule has 2 aliphatic rings. The van der Waals surface area contributed by atoms with E-state index >= 15 is 0 Å². The van der Waals surface area contributed by atoms with Crippen molar-refractivity contribution >= 4 is 17.5 Å². The standard InChI is InChI=1S/C25H31F4N5O3/c1-14-10-19-20(13-34(14)25(35)15(2)36-3)32-24(23(31-19)30-12-22(28)29)33-8-6-17(7-9-33)37-21-5-4-16(26)11-18(21)27/h4-5,11,14-15,17,22H,6-10,12-13H2,1-3H3,(H,30,31). The molecule has 0 aliphatic carbocycles. The highest BCUT2D eigenvalue weighted by Gasteiger charge is 2.33. The number of nitrogens with zero attached hydrogens (tertiary/aromatic N) is 4. The van der Waals surface area contributed by atoms with Crippen LogP contribution in [0.4, 0.5) is 29.2 Å². The van der Waals surface area contributed by atoms with Gasteiger partial charge in [0, 0.05) is 51.6 Å². The Kier molecular flexibility index (Phi) is 8.35. The van der Waals surface area contributed by atoms with Crippen molar-refractivity contribution in [2.24, 2.45) is 0 Å². The molecule has 1 aromatic carbocycles. The van der Waals surface area contributed by atoms with E-state index in [1.165, 1.54) is 13.2 Å². The third-order valence-corrected chi connectivity index (χ3v) is 6.71. The van der Waals surface area contributed by atoms with Crippen LogP contribution in [-0.4, -0.2) is 72.2 Å². The van der Waals surface area contributed by atoms with Crippen LogP contribution in [0.25, 0.3) is 0 Å². The van der Waals surface area contributed by atoms with E-state index in [0.717, 1.165) is 12.1 Å². The summed E-state index contributed by atoms with van der Waals surface area (Å²) in [6, 6.07) is 3.02. The second-order valence-electron chi connectivity index (χ2n) is 9.34. The van der Waals surface area contributed by atoms with Crippen molar-refractivity contribution < 1.29 is 31.8 Å². The van der Waals surface area contributed by atoms with Crippen LogP contribution in [0.15, 0.2) is 18.2 Å². The van der Waals surface area contributed by atoms with Gasteiger partial charge < -0.3 is 24.6 Å². The number of piperidine rings is 1. The van der Waals surface area contributed by atoms with Gasteiger partial charge in [0.15, 0.2) is 23.2 Å². The molecule has 1 saturated heterocycles. The SMILES string of the molecule is COC(C)C(=O)N1Cc2nc(N3CCC(Oc4ccc(F)cc4F)CC3)c(NCC(F)F)nc2CC1C. The fourth-order valence-corrected chi connectivity index (χ4v) is 4.57. The van der Waals surface area contributed by atoms with Gasteiger partial charge in [-0.3, -0.25) is 4.79 Å². The van der Waals surface area contributed by atoms with Crippen LogP contribution in [0.1, 0.15) is 38.1 Å². The van der Waals surface area contributed by atoms with Crippen molar-refractivity contribution in [3.8, 4) is 5.75 Å². The number of ether oxygens (including phenoxy) is 2. The smallest absolute Gasteiger partial charge is 0.255 e. The zero-order valence-electron chi connectivity index (χ0n) is 21.0. The summed E-state index contributed by atoms with van der Waals surface area (Å²) >= 11 is 0. The van der Waals surface area contributed by atoms with E-state index in [1.807, 2.05) is 11.8 Å². The number of nitrogens with one attached hydrogen (secondary N) is 1. The lowest BCUT2D eigenvalue weighted by molar-refractivity contribution is -0.144. The van der Waals surface area contributed by atoms with Gasteiger partial charge in [-0.2, -0.15) is 0 Å². The fourth-order valence-electron chi connectivity index (χ4n) is 4.57. The number of hydrogen-bond donors (Lipinski definition) is 1. The number of carbonyl (C=O) groups is 1. The topological polar surface area (TPSA) is 79.8 Å². The van der Waals surface area contributed by atoms with Crippen LogP contribution < -0.4 is 15.0 Å². The molecule has 0 spiro atoms. The highest BCUT2D eigenvalue weighted by molar-refractivity contribution is 5.81. The number of methoxy groups -OCH3 is 1. The van der Waals surface area contributed by atoms with E-state index in [0.29, 0.717) is 49.6 Å². The van der Waals surface area contributed by atoms with Crippen LogP contribution in [0, 0.1) is 11.6 Å². The molecule has 0 saturated carbocycles. The van der Waals surface area contributed by atoms with Crippen molar-refractivity contribution in [3.63, 3.8) is 0 Å². The molecule has 3 heterocycles. The predicted octanol–water partition coefficient (Wildman–Crippen LogP) is 3.79. The van der Waals surface area contributed by atoms with Crippen LogP contribution in [-0.2, 0) is 22.5 Å². The molecule has 4 rings (SSSR count). The summed E-state index contributed by atoms with van der Waals surface area (Å²) in [6.07, 6.45) is -2.02. The van der Waals surface area contributed by atoms with Crippen LogP contribution in [0.5, 0.6) is 5.75 Å². The van der Waals surface area contributed by atoms with Gasteiger partial charge in [0.1, 0.15) is 18.0 Å². The molecule has 8 nitrogen and oxygen atoms in total. The molecule has 2 aliphatic heterocycles. The average Bonchev–Trinajstić information content (AvgIpc) is 2.87. The van der Waals surface area contributed by atoms with Gasteiger partial charge in [-0.25, -0.2) is 27.5 Å². The Bertz CT molecular complexity index is 1110. The zero-order valence-corrected chi connectivity index (χ0v) is 21.0. The molecule has 2 atom stereocenters. The lowest BCUT2D eigenvalue weighted by Gasteiger charge is -2.37. The molecular weight excluding hydrogens is 494 g/mol. The van der Waals surface area contributed by atoms with E-state index in [2.05, 4.69) is 10.3 Å². The number of hydrogen-bond acceptors (Lipinski definition) is 7. The molecule has 12 heteroatoms. The van der Waals surface area contributed by atoms with E-state index < -0.39 is 30.7 Å². The molecule has 37 heavy (non-hydrogen) atoms. The van der Waals surface area contributed by atoms with Crippen LogP contribution in [0.3, 0.4) is 0 Å². The summed E-state index contributed by atoms with van der Waals surface area (Å²) in [5.74, 6) is -0.932. The molecule has 1 aromatic heterocycles. The van der Waals surface area contributed by atoms with E-state index in [-0.39, 0.29) is 36.2 Å². The number of amides is 1. The molecular formula is C25H31F4N5O3. The third-order valence-electron chi connectivity index (χ3n) is 6.71. The largest absolute Gasteiger partial charge is 0.487 e. The minimum Gasteiger partial charge on any atom is -0.487 e. The maximum atomic E-state index is 14.0. The molecule has 1 N–H and O–H groups in total. The molecule has 0 bridgehead atoms. The second kappa shape index (κ2) is 11.5. The van der Waals surface area contributed by atoms with Crippen molar-refractivity contribution in [3.05, 3.63) is 41.2 Å². The first-order valence-corrected chi connectivity index (χ1v) is 12.3. The monoisotopic (exact) mass is 525 g/mol. The van der Waals surface area contributed by atoms with Crippen molar-refractivity contribution in [1.29, 1.82) is 0 Å². The second-order valence-corrected chi connectivity index (χ2v) is 9.34. The summed E-state index contributed by atoms with van der Waals surface area (Å²) in [5, 5.41) is 2.72. The first-order chi connectivity index (χ1) is 17.7. The average molecular weight is 526 g/mol. The lowest BCUT2D eigenvalue weighted by Crippen LogP contribution is -2.47. The molecule has 1 amide bonds. The van der Waals surface area contributed by atoms with Gasteiger partial charge in [0.2, 0.25) is 0 Å². The Labute approximate surface area is 213 Å². The molecule has 2 unspecified atom stereocenters. The fraction of sp³-hybridized carbons (Fsp3) is 0.560. The van der Waals surface area contributed by atoms with Crippen molar-refractivity contribution in [2.75, 3.05) is 37.0 Å². The van der Waals surface area contributed by atoms with Crippen molar-refractivity contribution in [2.45, 2.75) is 64.3 Å². The summed E-state index contributed by atoms with van der Waals surface area (Å²) in [6.45, 7) is 4.17. The first kappa shape index (κ1) is 26.9. The summed E-state index contributed by atoms with van der Waals surface area (Å²) < 4.78 is 64.1. The number of fused-ring (bicyclic) bond motifs is 1. The Balaban J connectivity index is 1.53. The number of rotatable bonds is 8. The molecule has 2 aromatic rings. The number of halogens is 4. The molecule has 202 valence electrons. The predicted molar refractivity (Wildman–Crippen MR) is 129 cm³/mol. The lowest BCUT2D eigenvalue weighted by atomic mass is 10.0. The molecule has 0 radical (unpaired) electrons. The first-order valence-electron chi connectivity index (χ1n) is 12.3. The molecule has 1 fully saturated rings. The number of aromatic nitrogens is 2. The normalized spacial score (nSPS) is 19.1. The third kappa shape index (κ3) is 6.23. The zero-order chi connectivity index (χ0) is 26.7. The van der Waals surface area contributed by atoms with Gasteiger partial charge in [0.25, 0.3) is 12.3 Å². The Morgan fingerprint density at radius 3 is 2.57 bits per heavy atom. The number of alkyl halides is 2. The van der Waals surface area contributed by atoms with Gasteiger partial charge in [-0.1, -0.05) is 0 Å². The van der Waals surface area contributed by atoms with E-state index in [4.69, 9.17) is 14.5 Å². The summed E-state index contributed by atoms with van der Waals surface area (Å²) in [5.41, 5.74) is 1.27. The summed E-state index contributed by atoms with van der Waals surface area (Å²) in [4.78, 5) is 25.8.